The second-order valence-electron chi connectivity index (χ2n) is 4.22. The number of nitrogen functional groups attached to an aromatic ring is 1. The van der Waals surface area contributed by atoms with Crippen LogP contribution in [0.1, 0.15) is 5.56 Å². The Morgan fingerprint density at radius 3 is 3.00 bits per heavy atom. The van der Waals surface area contributed by atoms with Gasteiger partial charge >= 0.3 is 0 Å². The lowest BCUT2D eigenvalue weighted by Crippen LogP contribution is -2.16. The molecule has 0 bridgehead atoms. The molecule has 0 spiro atoms. The van der Waals surface area contributed by atoms with E-state index in [-0.39, 0.29) is 23.0 Å². The van der Waals surface area contributed by atoms with E-state index in [9.17, 15) is 9.59 Å². The van der Waals surface area contributed by atoms with E-state index in [0.29, 0.717) is 15.9 Å². The lowest BCUT2D eigenvalue weighted by Gasteiger charge is -2.09. The molecule has 4 N–H and O–H groups in total. The van der Waals surface area contributed by atoms with E-state index in [0.717, 1.165) is 17.3 Å². The monoisotopic (exact) mass is 324 g/mol. The highest BCUT2D eigenvalue weighted by Crippen LogP contribution is 2.23. The van der Waals surface area contributed by atoms with Crippen molar-refractivity contribution in [1.82, 2.24) is 9.97 Å². The van der Waals surface area contributed by atoms with Gasteiger partial charge in [-0.1, -0.05) is 29.4 Å². The van der Waals surface area contributed by atoms with Crippen molar-refractivity contribution in [3.8, 4) is 0 Å². The first-order valence-electron chi connectivity index (χ1n) is 6.00. The second kappa shape index (κ2) is 6.64. The molecule has 1 aromatic heterocycles. The van der Waals surface area contributed by atoms with Gasteiger partial charge in [-0.25, -0.2) is 4.98 Å². The van der Waals surface area contributed by atoms with Crippen LogP contribution in [0.15, 0.2) is 34.2 Å². The Kier molecular flexibility index (Phi) is 4.87. The minimum atomic E-state index is -0.351. The summed E-state index contributed by atoms with van der Waals surface area (Å²) in [5.74, 6) is -0.0130. The van der Waals surface area contributed by atoms with Gasteiger partial charge in [0.1, 0.15) is 5.82 Å². The Balaban J connectivity index is 1.99. The van der Waals surface area contributed by atoms with Gasteiger partial charge in [-0.3, -0.25) is 9.59 Å². The molecule has 8 heteroatoms. The minimum Gasteiger partial charge on any atom is -0.383 e. The number of amides is 1. The van der Waals surface area contributed by atoms with E-state index >= 15 is 0 Å². The van der Waals surface area contributed by atoms with Crippen molar-refractivity contribution >= 4 is 40.8 Å². The molecular weight excluding hydrogens is 312 g/mol. The Labute approximate surface area is 130 Å². The van der Waals surface area contributed by atoms with Crippen LogP contribution in [0.5, 0.6) is 0 Å². The molecule has 1 amide bonds. The number of aromatic amines is 1. The molecule has 0 saturated heterocycles. The van der Waals surface area contributed by atoms with Gasteiger partial charge in [0, 0.05) is 16.8 Å². The number of nitrogens with two attached hydrogens (primary N) is 1. The second-order valence-corrected chi connectivity index (χ2v) is 5.60. The summed E-state index contributed by atoms with van der Waals surface area (Å²) in [4.78, 5) is 29.5. The third-order valence-electron chi connectivity index (χ3n) is 2.62. The van der Waals surface area contributed by atoms with Crippen LogP contribution in [0, 0.1) is 6.92 Å². The number of carbonyl (C=O) groups is 1. The quantitative estimate of drug-likeness (QED) is 0.590. The maximum absolute atomic E-state index is 11.9. The van der Waals surface area contributed by atoms with Crippen LogP contribution in [0.2, 0.25) is 5.02 Å². The maximum atomic E-state index is 11.9. The summed E-state index contributed by atoms with van der Waals surface area (Å²) >= 11 is 7.08. The molecule has 0 unspecified atom stereocenters. The summed E-state index contributed by atoms with van der Waals surface area (Å²) < 4.78 is 0. The zero-order chi connectivity index (χ0) is 15.4. The summed E-state index contributed by atoms with van der Waals surface area (Å²) in [5.41, 5.74) is 6.57. The molecule has 0 saturated carbocycles. The summed E-state index contributed by atoms with van der Waals surface area (Å²) in [5, 5.41) is 3.64. The third kappa shape index (κ3) is 4.24. The highest BCUT2D eigenvalue weighted by Gasteiger charge is 2.08. The fraction of sp³-hybridized carbons (Fsp3) is 0.154. The van der Waals surface area contributed by atoms with E-state index in [1.807, 2.05) is 6.92 Å². The van der Waals surface area contributed by atoms with Gasteiger partial charge in [-0.2, -0.15) is 0 Å². The van der Waals surface area contributed by atoms with E-state index in [1.165, 1.54) is 6.07 Å². The average Bonchev–Trinajstić information content (AvgIpc) is 2.41. The number of hydrogen-bond donors (Lipinski definition) is 3. The number of nitrogens with zero attached hydrogens (tertiary/aromatic N) is 1. The first kappa shape index (κ1) is 15.4. The van der Waals surface area contributed by atoms with Crippen LogP contribution >= 0.6 is 23.4 Å². The Hall–Kier alpha value is -1.99. The first-order valence-corrected chi connectivity index (χ1v) is 7.36. The summed E-state index contributed by atoms with van der Waals surface area (Å²) in [6.45, 7) is 1.82. The van der Waals surface area contributed by atoms with Crippen molar-refractivity contribution in [3.05, 3.63) is 45.2 Å². The number of H-pyrrole nitrogens is 1. The molecule has 2 aromatic rings. The maximum Gasteiger partial charge on any atom is 0.253 e. The largest absolute Gasteiger partial charge is 0.383 e. The lowest BCUT2D eigenvalue weighted by atomic mass is 10.2. The van der Waals surface area contributed by atoms with E-state index < -0.39 is 0 Å². The Bertz CT molecular complexity index is 732. The number of carbonyl (C=O) groups excluding carboxylic acids is 1. The lowest BCUT2D eigenvalue weighted by molar-refractivity contribution is -0.113. The summed E-state index contributed by atoms with van der Waals surface area (Å²) in [6.07, 6.45) is 0. The molecular formula is C13H13ClN4O2S. The Morgan fingerprint density at radius 2 is 2.29 bits per heavy atom. The van der Waals surface area contributed by atoms with Gasteiger partial charge in [-0.05, 0) is 24.6 Å². The molecule has 6 nitrogen and oxygen atoms in total. The summed E-state index contributed by atoms with van der Waals surface area (Å²) in [6, 6.07) is 6.46. The highest BCUT2D eigenvalue weighted by molar-refractivity contribution is 7.99. The molecule has 0 atom stereocenters. The van der Waals surface area contributed by atoms with Gasteiger partial charge in [-0.15, -0.1) is 0 Å². The molecule has 0 radical (unpaired) electrons. The van der Waals surface area contributed by atoms with E-state index in [1.54, 1.807) is 18.2 Å². The third-order valence-corrected chi connectivity index (χ3v) is 3.90. The van der Waals surface area contributed by atoms with Gasteiger partial charge in [0.15, 0.2) is 5.16 Å². The number of nitrogens with one attached hydrogen (secondary N) is 2. The minimum absolute atomic E-state index is 0.0956. The van der Waals surface area contributed by atoms with Crippen LogP contribution in [0.4, 0.5) is 11.5 Å². The summed E-state index contributed by atoms with van der Waals surface area (Å²) in [7, 11) is 0. The van der Waals surface area contributed by atoms with E-state index in [2.05, 4.69) is 15.3 Å². The number of thioether (sulfide) groups is 1. The topological polar surface area (TPSA) is 101 Å². The van der Waals surface area contributed by atoms with Gasteiger partial charge in [0.2, 0.25) is 5.91 Å². The molecule has 0 fully saturated rings. The Morgan fingerprint density at radius 1 is 1.52 bits per heavy atom. The SMILES string of the molecule is Cc1c(Cl)cccc1NC(=O)CSc1nc(N)cc(=O)[nH]1. The molecule has 0 aliphatic carbocycles. The first-order chi connectivity index (χ1) is 9.95. The number of rotatable bonds is 4. The average molecular weight is 325 g/mol. The number of anilines is 2. The van der Waals surface area contributed by atoms with Crippen molar-refractivity contribution in [2.24, 2.45) is 0 Å². The molecule has 1 heterocycles. The van der Waals surface area contributed by atoms with E-state index in [4.69, 9.17) is 17.3 Å². The molecule has 110 valence electrons. The van der Waals surface area contributed by atoms with Crippen LogP contribution in [-0.2, 0) is 4.79 Å². The normalized spacial score (nSPS) is 10.4. The number of benzene rings is 1. The molecule has 1 aromatic carbocycles. The predicted octanol–water partition coefficient (Wildman–Crippen LogP) is 2.04. The highest BCUT2D eigenvalue weighted by atomic mass is 35.5. The molecule has 0 aliphatic rings. The number of halogens is 1. The molecule has 2 rings (SSSR count). The van der Waals surface area contributed by atoms with Crippen LogP contribution in [-0.4, -0.2) is 21.6 Å². The number of aromatic nitrogens is 2. The van der Waals surface area contributed by atoms with Crippen LogP contribution < -0.4 is 16.6 Å². The van der Waals surface area contributed by atoms with Crippen molar-refractivity contribution in [3.63, 3.8) is 0 Å². The number of hydrogen-bond acceptors (Lipinski definition) is 5. The fourth-order valence-electron chi connectivity index (χ4n) is 1.58. The zero-order valence-corrected chi connectivity index (χ0v) is 12.7. The smallest absolute Gasteiger partial charge is 0.253 e. The van der Waals surface area contributed by atoms with Crippen molar-refractivity contribution in [1.29, 1.82) is 0 Å². The van der Waals surface area contributed by atoms with Gasteiger partial charge in [0.25, 0.3) is 5.56 Å². The molecule has 0 aliphatic heterocycles. The van der Waals surface area contributed by atoms with Gasteiger partial charge in [0.05, 0.1) is 5.75 Å². The van der Waals surface area contributed by atoms with Crippen LogP contribution in [0.25, 0.3) is 0 Å². The van der Waals surface area contributed by atoms with Crippen molar-refractivity contribution in [2.45, 2.75) is 12.1 Å². The van der Waals surface area contributed by atoms with Crippen molar-refractivity contribution in [2.75, 3.05) is 16.8 Å². The molecule has 21 heavy (non-hydrogen) atoms. The van der Waals surface area contributed by atoms with Crippen LogP contribution in [0.3, 0.4) is 0 Å². The standard InChI is InChI=1S/C13H13ClN4O2S/c1-7-8(14)3-2-4-9(7)16-12(20)6-21-13-17-10(15)5-11(19)18-13/h2-5H,6H2,1H3,(H,16,20)(H3,15,17,18,19). The van der Waals surface area contributed by atoms with Gasteiger partial charge < -0.3 is 16.0 Å². The predicted molar refractivity (Wildman–Crippen MR) is 84.8 cm³/mol. The van der Waals surface area contributed by atoms with Crippen molar-refractivity contribution < 1.29 is 4.79 Å². The zero-order valence-electron chi connectivity index (χ0n) is 11.1. The fourth-order valence-corrected chi connectivity index (χ4v) is 2.44.